The molecule has 2 N–H and O–H groups in total. The number of hydrogen-bond donors (Lipinski definition) is 2. The predicted octanol–water partition coefficient (Wildman–Crippen LogP) is 3.29. The van der Waals surface area contributed by atoms with Crippen LogP contribution in [0.1, 0.15) is 35.1 Å². The summed E-state index contributed by atoms with van der Waals surface area (Å²) in [6.45, 7) is 4.21. The molecule has 0 saturated heterocycles. The molecule has 122 valence electrons. The summed E-state index contributed by atoms with van der Waals surface area (Å²) in [4.78, 5) is 18.9. The molecule has 0 aliphatic heterocycles. The summed E-state index contributed by atoms with van der Waals surface area (Å²) in [5.74, 6) is 0.219. The zero-order valence-electron chi connectivity index (χ0n) is 13.7. The van der Waals surface area contributed by atoms with Crippen molar-refractivity contribution in [2.75, 3.05) is 0 Å². The summed E-state index contributed by atoms with van der Waals surface area (Å²) in [5, 5.41) is 9.77. The molecule has 3 aromatic rings. The number of aromatic nitrogens is 3. The van der Waals surface area contributed by atoms with Crippen LogP contribution in [0.2, 0.25) is 0 Å². The monoisotopic (exact) mass is 321 g/mol. The predicted molar refractivity (Wildman–Crippen MR) is 92.3 cm³/mol. The Morgan fingerprint density at radius 1 is 1.25 bits per heavy atom. The highest BCUT2D eigenvalue weighted by molar-refractivity contribution is 5.65. The number of benzene rings is 1. The average Bonchev–Trinajstić information content (AvgIpc) is 3.29. The molecule has 2 unspecified atom stereocenters. The van der Waals surface area contributed by atoms with Crippen molar-refractivity contribution in [1.82, 2.24) is 14.5 Å². The van der Waals surface area contributed by atoms with E-state index >= 15 is 0 Å². The minimum absolute atomic E-state index is 0.00698. The number of aromatic hydroxyl groups is 1. The van der Waals surface area contributed by atoms with E-state index < -0.39 is 0 Å². The quantitative estimate of drug-likeness (QED) is 0.777. The molecule has 1 aliphatic rings. The Morgan fingerprint density at radius 3 is 2.75 bits per heavy atom. The first-order chi connectivity index (χ1) is 11.6. The van der Waals surface area contributed by atoms with E-state index in [4.69, 9.17) is 0 Å². The molecule has 0 amide bonds. The molecule has 1 fully saturated rings. The van der Waals surface area contributed by atoms with Gasteiger partial charge in [-0.3, -0.25) is 9.55 Å². The van der Waals surface area contributed by atoms with E-state index in [1.807, 2.05) is 18.3 Å². The van der Waals surface area contributed by atoms with E-state index in [1.165, 1.54) is 21.9 Å². The highest BCUT2D eigenvalue weighted by Gasteiger charge is 2.42. The van der Waals surface area contributed by atoms with E-state index in [2.05, 4.69) is 42.0 Å². The Balaban J connectivity index is 1.60. The number of nitrogens with zero attached hydrogens (tertiary/aromatic N) is 2. The second-order valence-corrected chi connectivity index (χ2v) is 6.46. The van der Waals surface area contributed by atoms with Crippen molar-refractivity contribution in [1.29, 1.82) is 0 Å². The highest BCUT2D eigenvalue weighted by Crippen LogP contribution is 2.51. The van der Waals surface area contributed by atoms with E-state index in [0.29, 0.717) is 0 Å². The third-order valence-electron chi connectivity index (χ3n) is 4.97. The third kappa shape index (κ3) is 2.33. The van der Waals surface area contributed by atoms with Gasteiger partial charge in [0.1, 0.15) is 0 Å². The summed E-state index contributed by atoms with van der Waals surface area (Å²) in [7, 11) is 0. The molecule has 24 heavy (non-hydrogen) atoms. The van der Waals surface area contributed by atoms with Crippen molar-refractivity contribution < 1.29 is 5.11 Å². The summed E-state index contributed by atoms with van der Waals surface area (Å²) in [6, 6.07) is 10.4. The molecule has 2 aromatic heterocycles. The summed E-state index contributed by atoms with van der Waals surface area (Å²) in [5.41, 5.74) is 5.43. The van der Waals surface area contributed by atoms with E-state index in [-0.39, 0.29) is 23.5 Å². The minimum Gasteiger partial charge on any atom is -0.493 e. The minimum atomic E-state index is -0.264. The molecule has 0 bridgehead atoms. The smallest absolute Gasteiger partial charge is 0.328 e. The van der Waals surface area contributed by atoms with E-state index in [0.717, 1.165) is 23.2 Å². The molecule has 1 aliphatic carbocycles. The van der Waals surface area contributed by atoms with Gasteiger partial charge in [0, 0.05) is 23.7 Å². The van der Waals surface area contributed by atoms with Crippen LogP contribution < -0.4 is 5.69 Å². The zero-order chi connectivity index (χ0) is 16.8. The van der Waals surface area contributed by atoms with Crippen LogP contribution in [0.25, 0.3) is 11.3 Å². The largest absolute Gasteiger partial charge is 0.493 e. The maximum atomic E-state index is 11.7. The average molecular weight is 321 g/mol. The van der Waals surface area contributed by atoms with Crippen LogP contribution in [0.3, 0.4) is 0 Å². The Bertz CT molecular complexity index is 953. The second kappa shape index (κ2) is 5.37. The number of pyridine rings is 1. The standard InChI is InChI=1S/C19H19N3O2/c1-11-4-3-5-14(12(11)2)16-7-6-13(9-20-16)15-8-17(15)22-18(23)10-21-19(22)24/h3-7,9-10,15,17,23H,8H2,1-2H3,(H,21,24). The zero-order valence-corrected chi connectivity index (χ0v) is 13.7. The fourth-order valence-electron chi connectivity index (χ4n) is 3.33. The SMILES string of the molecule is Cc1cccc(-c2ccc(C3CC3n3c(O)c[nH]c3=O)cn2)c1C. The van der Waals surface area contributed by atoms with Gasteiger partial charge in [-0.25, -0.2) is 4.79 Å². The first-order valence-electron chi connectivity index (χ1n) is 8.07. The molecular weight excluding hydrogens is 302 g/mol. The van der Waals surface area contributed by atoms with E-state index in [1.54, 1.807) is 0 Å². The van der Waals surface area contributed by atoms with Gasteiger partial charge in [-0.2, -0.15) is 0 Å². The molecule has 4 rings (SSSR count). The molecule has 5 nitrogen and oxygen atoms in total. The molecule has 2 atom stereocenters. The van der Waals surface area contributed by atoms with Crippen molar-refractivity contribution in [2.45, 2.75) is 32.2 Å². The first kappa shape index (κ1) is 14.8. The van der Waals surface area contributed by atoms with Crippen molar-refractivity contribution in [3.63, 3.8) is 0 Å². The van der Waals surface area contributed by atoms with Crippen molar-refractivity contribution in [2.24, 2.45) is 0 Å². The van der Waals surface area contributed by atoms with Gasteiger partial charge in [-0.15, -0.1) is 0 Å². The van der Waals surface area contributed by atoms with Gasteiger partial charge in [0.15, 0.2) is 0 Å². The Hall–Kier alpha value is -2.82. The Kier molecular flexibility index (Phi) is 3.30. The molecular formula is C19H19N3O2. The van der Waals surface area contributed by atoms with Crippen molar-refractivity contribution in [3.8, 4) is 17.1 Å². The van der Waals surface area contributed by atoms with Gasteiger partial charge in [0.05, 0.1) is 11.9 Å². The lowest BCUT2D eigenvalue weighted by Gasteiger charge is -2.09. The molecule has 1 saturated carbocycles. The van der Waals surface area contributed by atoms with Crippen LogP contribution >= 0.6 is 0 Å². The third-order valence-corrected chi connectivity index (χ3v) is 4.97. The van der Waals surface area contributed by atoms with Crippen LogP contribution in [0.5, 0.6) is 5.88 Å². The highest BCUT2D eigenvalue weighted by atomic mass is 16.3. The summed E-state index contributed by atoms with van der Waals surface area (Å²) in [6.07, 6.45) is 4.06. The number of hydrogen-bond acceptors (Lipinski definition) is 3. The summed E-state index contributed by atoms with van der Waals surface area (Å²) >= 11 is 0. The maximum absolute atomic E-state index is 11.7. The maximum Gasteiger partial charge on any atom is 0.328 e. The lowest BCUT2D eigenvalue weighted by Crippen LogP contribution is -2.15. The number of aryl methyl sites for hydroxylation is 1. The van der Waals surface area contributed by atoms with Crippen LogP contribution in [-0.4, -0.2) is 19.6 Å². The van der Waals surface area contributed by atoms with Gasteiger partial charge < -0.3 is 10.1 Å². The second-order valence-electron chi connectivity index (χ2n) is 6.46. The van der Waals surface area contributed by atoms with Crippen LogP contribution in [0, 0.1) is 13.8 Å². The summed E-state index contributed by atoms with van der Waals surface area (Å²) < 4.78 is 1.42. The van der Waals surface area contributed by atoms with Crippen molar-refractivity contribution in [3.05, 3.63) is 69.9 Å². The fourth-order valence-corrected chi connectivity index (χ4v) is 3.33. The number of imidazole rings is 1. The lowest BCUT2D eigenvalue weighted by molar-refractivity contribution is 0.413. The van der Waals surface area contributed by atoms with Crippen LogP contribution in [-0.2, 0) is 0 Å². The number of rotatable bonds is 3. The van der Waals surface area contributed by atoms with E-state index in [9.17, 15) is 9.90 Å². The van der Waals surface area contributed by atoms with Gasteiger partial charge >= 0.3 is 5.69 Å². The first-order valence-corrected chi connectivity index (χ1v) is 8.07. The van der Waals surface area contributed by atoms with Gasteiger partial charge in [-0.05, 0) is 43.0 Å². The molecule has 0 spiro atoms. The normalized spacial score (nSPS) is 19.4. The number of nitrogens with one attached hydrogen (secondary N) is 1. The van der Waals surface area contributed by atoms with Gasteiger partial charge in [0.2, 0.25) is 5.88 Å². The van der Waals surface area contributed by atoms with Gasteiger partial charge in [-0.1, -0.05) is 24.3 Å². The molecule has 5 heteroatoms. The lowest BCUT2D eigenvalue weighted by atomic mass is 10.00. The number of H-pyrrole nitrogens is 1. The van der Waals surface area contributed by atoms with Gasteiger partial charge in [0.25, 0.3) is 0 Å². The van der Waals surface area contributed by atoms with Crippen LogP contribution in [0.15, 0.2) is 47.5 Å². The molecule has 2 heterocycles. The Morgan fingerprint density at radius 2 is 2.08 bits per heavy atom. The topological polar surface area (TPSA) is 70.9 Å². The number of aromatic amines is 1. The molecule has 0 radical (unpaired) electrons. The van der Waals surface area contributed by atoms with Crippen LogP contribution in [0.4, 0.5) is 0 Å². The fraction of sp³-hybridized carbons (Fsp3) is 0.263. The molecule has 1 aromatic carbocycles. The van der Waals surface area contributed by atoms with Crippen molar-refractivity contribution >= 4 is 0 Å². The Labute approximate surface area is 139 Å².